The summed E-state index contributed by atoms with van der Waals surface area (Å²) in [5.41, 5.74) is -0.636. The average molecular weight is 517 g/mol. The molecule has 0 aliphatic carbocycles. The molecule has 8 heteroatoms. The van der Waals surface area contributed by atoms with Crippen LogP contribution in [0.4, 0.5) is 5.69 Å². The third-order valence-corrected chi connectivity index (χ3v) is 8.41. The van der Waals surface area contributed by atoms with E-state index in [0.29, 0.717) is 25.1 Å². The summed E-state index contributed by atoms with van der Waals surface area (Å²) < 4.78 is 12.2. The van der Waals surface area contributed by atoms with Crippen molar-refractivity contribution in [2.45, 2.75) is 50.0 Å². The molecule has 0 saturated carbocycles. The highest BCUT2D eigenvalue weighted by Gasteiger charge is 2.72. The van der Waals surface area contributed by atoms with Crippen molar-refractivity contribution in [3.05, 3.63) is 66.8 Å². The molecule has 2 fully saturated rings. The fourth-order valence-corrected chi connectivity index (χ4v) is 6.58. The Hall–Kier alpha value is -3.49. The number of ether oxygens (including phenoxy) is 2. The molecule has 38 heavy (non-hydrogen) atoms. The number of nitrogens with zero attached hydrogens (tertiary/aromatic N) is 2. The standard InChI is InChI=1S/C30H32N2O6/c1-2-21(18-33)32-26-28(35)31(22-13-12-19-9-5-6-10-20(19)17-22)15-8-14-30(26)25(27(32)34)24-23(38-30)11-4-3-7-16-37-29(24)36/h4-6,8-14,17,21,23-26,33H,2-3,7,15-16,18H2,1H3/b11-4-/t21-,23-,24+,25-,26?,30-/m0/s1. The van der Waals surface area contributed by atoms with Crippen LogP contribution in [-0.4, -0.2) is 71.3 Å². The first-order chi connectivity index (χ1) is 18.5. The molecule has 2 amide bonds. The molecule has 198 valence electrons. The number of hydrogen-bond acceptors (Lipinski definition) is 6. The van der Waals surface area contributed by atoms with Crippen LogP contribution in [0.2, 0.25) is 0 Å². The van der Waals surface area contributed by atoms with E-state index in [2.05, 4.69) is 0 Å². The molecule has 1 spiro atoms. The third kappa shape index (κ3) is 3.69. The molecule has 1 unspecified atom stereocenters. The van der Waals surface area contributed by atoms with Crippen molar-refractivity contribution in [1.29, 1.82) is 0 Å². The minimum atomic E-state index is -1.35. The number of hydrogen-bond donors (Lipinski definition) is 1. The molecule has 2 saturated heterocycles. The van der Waals surface area contributed by atoms with Gasteiger partial charge in [-0.05, 0) is 42.2 Å². The quantitative estimate of drug-likeness (QED) is 0.496. The maximum Gasteiger partial charge on any atom is 0.312 e. The van der Waals surface area contributed by atoms with E-state index in [4.69, 9.17) is 9.47 Å². The molecule has 4 aliphatic heterocycles. The molecule has 6 atom stereocenters. The predicted octanol–water partition coefficient (Wildman–Crippen LogP) is 2.99. The number of likely N-dealkylation sites (tertiary alicyclic amines) is 1. The highest BCUT2D eigenvalue weighted by Crippen LogP contribution is 2.54. The topological polar surface area (TPSA) is 96.4 Å². The second-order valence-electron chi connectivity index (χ2n) is 10.5. The number of rotatable bonds is 4. The van der Waals surface area contributed by atoms with Crippen molar-refractivity contribution >= 4 is 34.2 Å². The lowest BCUT2D eigenvalue weighted by Crippen LogP contribution is -2.58. The number of fused-ring (bicyclic) bond motifs is 3. The van der Waals surface area contributed by atoms with Crippen molar-refractivity contribution in [1.82, 2.24) is 4.90 Å². The largest absolute Gasteiger partial charge is 0.465 e. The Morgan fingerprint density at radius 3 is 2.68 bits per heavy atom. The van der Waals surface area contributed by atoms with Gasteiger partial charge in [0.25, 0.3) is 5.91 Å². The first-order valence-electron chi connectivity index (χ1n) is 13.4. The second-order valence-corrected chi connectivity index (χ2v) is 10.5. The highest BCUT2D eigenvalue weighted by atomic mass is 16.6. The van der Waals surface area contributed by atoms with Gasteiger partial charge in [-0.25, -0.2) is 0 Å². The van der Waals surface area contributed by atoms with E-state index in [0.717, 1.165) is 17.2 Å². The molecular weight excluding hydrogens is 484 g/mol. The molecule has 1 N–H and O–H groups in total. The minimum Gasteiger partial charge on any atom is -0.465 e. The van der Waals surface area contributed by atoms with Crippen LogP contribution in [0.3, 0.4) is 0 Å². The summed E-state index contributed by atoms with van der Waals surface area (Å²) in [5.74, 6) is -2.93. The molecule has 4 heterocycles. The summed E-state index contributed by atoms with van der Waals surface area (Å²) in [6.07, 6.45) is 8.66. The van der Waals surface area contributed by atoms with Crippen LogP contribution in [0.1, 0.15) is 26.2 Å². The van der Waals surface area contributed by atoms with E-state index in [1.54, 1.807) is 4.90 Å². The van der Waals surface area contributed by atoms with Crippen LogP contribution >= 0.6 is 0 Å². The number of benzene rings is 2. The van der Waals surface area contributed by atoms with Gasteiger partial charge in [0, 0.05) is 12.2 Å². The second kappa shape index (κ2) is 9.67. The molecular formula is C30H32N2O6. The molecule has 0 bridgehead atoms. The zero-order valence-electron chi connectivity index (χ0n) is 21.4. The SMILES string of the molecule is CC[C@@H](CO)N1C(=O)[C@@H]2[C@@H]3C(=O)OCCC/C=C\[C@@H]3O[C@@]23C=CCN(c2ccc4ccccc4c2)C(=O)C13. The Balaban J connectivity index is 1.47. The van der Waals surface area contributed by atoms with Crippen LogP contribution in [0, 0.1) is 11.8 Å². The number of amides is 2. The molecule has 0 aromatic heterocycles. The zero-order valence-corrected chi connectivity index (χ0v) is 21.4. The van der Waals surface area contributed by atoms with Crippen molar-refractivity contribution in [2.24, 2.45) is 11.8 Å². The van der Waals surface area contributed by atoms with E-state index in [-0.39, 0.29) is 25.0 Å². The Kier molecular flexibility index (Phi) is 6.32. The van der Waals surface area contributed by atoms with E-state index in [1.807, 2.05) is 73.7 Å². The number of aliphatic hydroxyl groups is 1. The third-order valence-electron chi connectivity index (χ3n) is 8.41. The fraction of sp³-hybridized carbons (Fsp3) is 0.433. The van der Waals surface area contributed by atoms with Gasteiger partial charge in [0.05, 0.1) is 31.3 Å². The summed E-state index contributed by atoms with van der Waals surface area (Å²) >= 11 is 0. The maximum atomic E-state index is 14.5. The van der Waals surface area contributed by atoms with Gasteiger partial charge in [0.15, 0.2) is 0 Å². The molecule has 2 aromatic rings. The first kappa shape index (κ1) is 24.8. The summed E-state index contributed by atoms with van der Waals surface area (Å²) in [5, 5.41) is 12.3. The lowest BCUT2D eigenvalue weighted by Gasteiger charge is -2.38. The minimum absolute atomic E-state index is 0.270. The van der Waals surface area contributed by atoms with Gasteiger partial charge in [-0.2, -0.15) is 0 Å². The number of cyclic esters (lactones) is 1. The molecule has 6 rings (SSSR count). The van der Waals surface area contributed by atoms with Crippen LogP contribution in [0.15, 0.2) is 66.8 Å². The number of esters is 1. The summed E-state index contributed by atoms with van der Waals surface area (Å²) in [6, 6.07) is 12.2. The maximum absolute atomic E-state index is 14.5. The van der Waals surface area contributed by atoms with E-state index >= 15 is 0 Å². The number of carbonyl (C=O) groups excluding carboxylic acids is 3. The fourth-order valence-electron chi connectivity index (χ4n) is 6.58. The Morgan fingerprint density at radius 1 is 1.08 bits per heavy atom. The lowest BCUT2D eigenvalue weighted by atomic mass is 9.78. The number of anilines is 1. The van der Waals surface area contributed by atoms with Gasteiger partial charge in [-0.1, -0.05) is 61.6 Å². The predicted molar refractivity (Wildman–Crippen MR) is 141 cm³/mol. The van der Waals surface area contributed by atoms with Gasteiger partial charge < -0.3 is 24.4 Å². The van der Waals surface area contributed by atoms with Crippen molar-refractivity contribution in [3.63, 3.8) is 0 Å². The molecule has 4 aliphatic rings. The monoisotopic (exact) mass is 516 g/mol. The van der Waals surface area contributed by atoms with Gasteiger partial charge in [-0.15, -0.1) is 0 Å². The van der Waals surface area contributed by atoms with Crippen LogP contribution < -0.4 is 4.90 Å². The first-order valence-corrected chi connectivity index (χ1v) is 13.4. The van der Waals surface area contributed by atoms with Gasteiger partial charge in [0.1, 0.15) is 17.6 Å². The highest BCUT2D eigenvalue weighted by molar-refractivity contribution is 6.06. The van der Waals surface area contributed by atoms with Gasteiger partial charge in [0.2, 0.25) is 5.91 Å². The number of aliphatic hydroxyl groups excluding tert-OH is 1. The van der Waals surface area contributed by atoms with Gasteiger partial charge >= 0.3 is 5.97 Å². The summed E-state index contributed by atoms with van der Waals surface area (Å²) in [4.78, 5) is 45.1. The number of allylic oxidation sites excluding steroid dienone is 1. The van der Waals surface area contributed by atoms with Crippen LogP contribution in [0.5, 0.6) is 0 Å². The Morgan fingerprint density at radius 2 is 1.89 bits per heavy atom. The van der Waals surface area contributed by atoms with Crippen LogP contribution in [-0.2, 0) is 23.9 Å². The van der Waals surface area contributed by atoms with Gasteiger partial charge in [-0.3, -0.25) is 14.4 Å². The Labute approximate surface area is 221 Å². The van der Waals surface area contributed by atoms with Crippen molar-refractivity contribution < 1.29 is 29.0 Å². The summed E-state index contributed by atoms with van der Waals surface area (Å²) in [6.45, 7) is 2.13. The smallest absolute Gasteiger partial charge is 0.312 e. The molecule has 8 nitrogen and oxygen atoms in total. The average Bonchev–Trinajstić information content (AvgIpc) is 3.34. The zero-order chi connectivity index (χ0) is 26.4. The normalized spacial score (nSPS) is 32.5. The van der Waals surface area contributed by atoms with E-state index in [1.165, 1.54) is 4.90 Å². The van der Waals surface area contributed by atoms with Crippen molar-refractivity contribution in [3.8, 4) is 0 Å². The van der Waals surface area contributed by atoms with E-state index < -0.39 is 41.6 Å². The van der Waals surface area contributed by atoms with E-state index in [9.17, 15) is 19.5 Å². The van der Waals surface area contributed by atoms with Crippen LogP contribution in [0.25, 0.3) is 10.8 Å². The Bertz CT molecular complexity index is 1330. The summed E-state index contributed by atoms with van der Waals surface area (Å²) in [7, 11) is 0. The lowest BCUT2D eigenvalue weighted by molar-refractivity contribution is -0.155. The molecule has 2 aromatic carbocycles. The molecule has 0 radical (unpaired) electrons. The van der Waals surface area contributed by atoms with Crippen molar-refractivity contribution in [2.75, 3.05) is 24.7 Å². The number of carbonyl (C=O) groups is 3.